The van der Waals surface area contributed by atoms with E-state index >= 15 is 0 Å². The summed E-state index contributed by atoms with van der Waals surface area (Å²) in [5, 5.41) is 4.64. The van der Waals surface area contributed by atoms with E-state index in [1.165, 1.54) is 6.08 Å². The van der Waals surface area contributed by atoms with E-state index in [0.29, 0.717) is 5.82 Å². The van der Waals surface area contributed by atoms with Gasteiger partial charge in [-0.1, -0.05) is 12.1 Å². The quantitative estimate of drug-likeness (QED) is 0.824. The standard InChI is InChI=1S/C12H10N2OS/c15-12(7-6-10-4-3-9-16-10)14-11-5-1-2-8-13-11/h1-9H,(H,13,14,15). The number of carbonyl (C=O) groups is 1. The summed E-state index contributed by atoms with van der Waals surface area (Å²) in [7, 11) is 0. The van der Waals surface area contributed by atoms with Crippen LogP contribution in [0, 0.1) is 0 Å². The molecule has 16 heavy (non-hydrogen) atoms. The number of hydrogen-bond donors (Lipinski definition) is 1. The highest BCUT2D eigenvalue weighted by Gasteiger charge is 1.97. The fourth-order valence-electron chi connectivity index (χ4n) is 1.15. The van der Waals surface area contributed by atoms with Crippen molar-refractivity contribution >= 4 is 29.1 Å². The van der Waals surface area contributed by atoms with Crippen molar-refractivity contribution in [2.24, 2.45) is 0 Å². The van der Waals surface area contributed by atoms with Crippen LogP contribution < -0.4 is 5.32 Å². The van der Waals surface area contributed by atoms with Crippen LogP contribution in [-0.2, 0) is 4.79 Å². The number of pyridine rings is 1. The van der Waals surface area contributed by atoms with Crippen LogP contribution in [0.2, 0.25) is 0 Å². The van der Waals surface area contributed by atoms with Crippen molar-refractivity contribution in [3.63, 3.8) is 0 Å². The van der Waals surface area contributed by atoms with Gasteiger partial charge in [0.15, 0.2) is 0 Å². The monoisotopic (exact) mass is 230 g/mol. The average Bonchev–Trinajstić information content (AvgIpc) is 2.81. The van der Waals surface area contributed by atoms with Crippen LogP contribution >= 0.6 is 11.3 Å². The largest absolute Gasteiger partial charge is 0.307 e. The Labute approximate surface area is 97.5 Å². The summed E-state index contributed by atoms with van der Waals surface area (Å²) in [6.45, 7) is 0. The molecule has 0 spiro atoms. The Morgan fingerprint density at radius 2 is 2.25 bits per heavy atom. The third-order valence-electron chi connectivity index (χ3n) is 1.86. The molecule has 0 fully saturated rings. The van der Waals surface area contributed by atoms with E-state index in [1.807, 2.05) is 23.6 Å². The van der Waals surface area contributed by atoms with Crippen LogP contribution in [0.5, 0.6) is 0 Å². The maximum absolute atomic E-state index is 11.5. The number of rotatable bonds is 3. The second-order valence-corrected chi connectivity index (χ2v) is 4.03. The third-order valence-corrected chi connectivity index (χ3v) is 2.70. The van der Waals surface area contributed by atoms with Crippen LogP contribution in [0.1, 0.15) is 4.88 Å². The summed E-state index contributed by atoms with van der Waals surface area (Å²) in [4.78, 5) is 16.5. The first kappa shape index (κ1) is 10.6. The van der Waals surface area contributed by atoms with Gasteiger partial charge in [-0.2, -0.15) is 0 Å². The van der Waals surface area contributed by atoms with Crippen molar-refractivity contribution in [3.8, 4) is 0 Å². The molecule has 3 nitrogen and oxygen atoms in total. The summed E-state index contributed by atoms with van der Waals surface area (Å²) in [5.74, 6) is 0.385. The Morgan fingerprint density at radius 1 is 1.31 bits per heavy atom. The van der Waals surface area contributed by atoms with Crippen LogP contribution in [0.15, 0.2) is 48.0 Å². The van der Waals surface area contributed by atoms with E-state index in [0.717, 1.165) is 4.88 Å². The van der Waals surface area contributed by atoms with Gasteiger partial charge < -0.3 is 5.32 Å². The van der Waals surface area contributed by atoms with Crippen LogP contribution in [-0.4, -0.2) is 10.9 Å². The van der Waals surface area contributed by atoms with E-state index < -0.39 is 0 Å². The molecule has 0 bridgehead atoms. The number of hydrogen-bond acceptors (Lipinski definition) is 3. The van der Waals surface area contributed by atoms with Gasteiger partial charge in [0.05, 0.1) is 0 Å². The van der Waals surface area contributed by atoms with Gasteiger partial charge in [0.25, 0.3) is 0 Å². The molecule has 80 valence electrons. The molecule has 1 amide bonds. The smallest absolute Gasteiger partial charge is 0.249 e. The molecule has 2 heterocycles. The first-order chi connectivity index (χ1) is 7.84. The Morgan fingerprint density at radius 3 is 2.94 bits per heavy atom. The minimum Gasteiger partial charge on any atom is -0.307 e. The Hall–Kier alpha value is -1.94. The van der Waals surface area contributed by atoms with Crippen LogP contribution in [0.25, 0.3) is 6.08 Å². The molecule has 2 rings (SSSR count). The zero-order valence-corrected chi connectivity index (χ0v) is 9.28. The predicted molar refractivity (Wildman–Crippen MR) is 66.2 cm³/mol. The highest BCUT2D eigenvalue weighted by molar-refractivity contribution is 7.10. The van der Waals surface area contributed by atoms with Gasteiger partial charge in [-0.25, -0.2) is 4.98 Å². The first-order valence-electron chi connectivity index (χ1n) is 4.78. The van der Waals surface area contributed by atoms with Gasteiger partial charge in [0.1, 0.15) is 5.82 Å². The second-order valence-electron chi connectivity index (χ2n) is 3.05. The Balaban J connectivity index is 1.95. The Bertz CT molecular complexity index is 477. The van der Waals surface area contributed by atoms with Crippen molar-refractivity contribution in [2.45, 2.75) is 0 Å². The van der Waals surface area contributed by atoms with Crippen molar-refractivity contribution in [3.05, 3.63) is 52.9 Å². The lowest BCUT2D eigenvalue weighted by Crippen LogP contribution is -2.08. The van der Waals surface area contributed by atoms with Crippen molar-refractivity contribution in [2.75, 3.05) is 5.32 Å². The molecular weight excluding hydrogens is 220 g/mol. The zero-order valence-electron chi connectivity index (χ0n) is 8.46. The first-order valence-corrected chi connectivity index (χ1v) is 5.66. The SMILES string of the molecule is O=C(C=Cc1cccs1)Nc1ccccn1. The molecule has 0 saturated heterocycles. The fourth-order valence-corrected chi connectivity index (χ4v) is 1.77. The fraction of sp³-hybridized carbons (Fsp3) is 0. The predicted octanol–water partition coefficient (Wildman–Crippen LogP) is 2.79. The lowest BCUT2D eigenvalue weighted by Gasteiger charge is -1.98. The van der Waals surface area contributed by atoms with E-state index in [-0.39, 0.29) is 5.91 Å². The molecule has 0 aromatic carbocycles. The summed E-state index contributed by atoms with van der Waals surface area (Å²) in [6.07, 6.45) is 4.92. The van der Waals surface area contributed by atoms with Crippen molar-refractivity contribution in [1.29, 1.82) is 0 Å². The van der Waals surface area contributed by atoms with Gasteiger partial charge >= 0.3 is 0 Å². The molecule has 1 N–H and O–H groups in total. The Kier molecular flexibility index (Phi) is 3.46. The number of carbonyl (C=O) groups excluding carboxylic acids is 1. The van der Waals surface area contributed by atoms with Gasteiger partial charge in [0.2, 0.25) is 5.91 Å². The number of aromatic nitrogens is 1. The molecule has 0 aliphatic carbocycles. The number of nitrogens with one attached hydrogen (secondary N) is 1. The molecule has 0 unspecified atom stereocenters. The topological polar surface area (TPSA) is 42.0 Å². The molecule has 2 aromatic rings. The summed E-state index contributed by atoms with van der Waals surface area (Å²) in [5.41, 5.74) is 0. The molecule has 0 atom stereocenters. The maximum atomic E-state index is 11.5. The average molecular weight is 230 g/mol. The molecule has 0 saturated carbocycles. The minimum absolute atomic E-state index is 0.174. The van der Waals surface area contributed by atoms with Gasteiger partial charge in [-0.3, -0.25) is 4.79 Å². The number of amides is 1. The molecule has 4 heteroatoms. The molecule has 0 radical (unpaired) electrons. The number of thiophene rings is 1. The number of nitrogens with zero attached hydrogens (tertiary/aromatic N) is 1. The van der Waals surface area contributed by atoms with Crippen LogP contribution in [0.3, 0.4) is 0 Å². The van der Waals surface area contributed by atoms with E-state index in [9.17, 15) is 4.79 Å². The summed E-state index contributed by atoms with van der Waals surface area (Å²) in [6, 6.07) is 9.27. The highest BCUT2D eigenvalue weighted by Crippen LogP contribution is 2.10. The van der Waals surface area contributed by atoms with Gasteiger partial charge in [-0.15, -0.1) is 11.3 Å². The molecule has 0 aliphatic heterocycles. The molecular formula is C12H10N2OS. The van der Waals surface area contributed by atoms with E-state index in [4.69, 9.17) is 0 Å². The van der Waals surface area contributed by atoms with Crippen molar-refractivity contribution in [1.82, 2.24) is 4.98 Å². The molecule has 2 aromatic heterocycles. The van der Waals surface area contributed by atoms with Gasteiger partial charge in [0, 0.05) is 17.2 Å². The zero-order chi connectivity index (χ0) is 11.2. The van der Waals surface area contributed by atoms with Crippen molar-refractivity contribution < 1.29 is 4.79 Å². The van der Waals surface area contributed by atoms with Gasteiger partial charge in [-0.05, 0) is 29.7 Å². The van der Waals surface area contributed by atoms with Crippen LogP contribution in [0.4, 0.5) is 5.82 Å². The van der Waals surface area contributed by atoms with E-state index in [1.54, 1.807) is 35.7 Å². The highest BCUT2D eigenvalue weighted by atomic mass is 32.1. The summed E-state index contributed by atoms with van der Waals surface area (Å²) < 4.78 is 0. The normalized spacial score (nSPS) is 10.5. The number of anilines is 1. The minimum atomic E-state index is -0.174. The lowest BCUT2D eigenvalue weighted by atomic mass is 10.4. The molecule has 0 aliphatic rings. The maximum Gasteiger partial charge on any atom is 0.249 e. The third kappa shape index (κ3) is 3.03. The van der Waals surface area contributed by atoms with E-state index in [2.05, 4.69) is 10.3 Å². The summed E-state index contributed by atoms with van der Waals surface area (Å²) >= 11 is 1.59. The lowest BCUT2D eigenvalue weighted by molar-refractivity contribution is -0.111. The second kappa shape index (κ2) is 5.23.